The monoisotopic (exact) mass is 365 g/mol. The van der Waals surface area contributed by atoms with Crippen LogP contribution in [-0.4, -0.2) is 27.6 Å². The SMILES string of the molecule is N=C(N)NCc1ccc(OCCCO[SH](=O)=O)c(Br)c1. The van der Waals surface area contributed by atoms with E-state index in [1.807, 2.05) is 12.1 Å². The highest BCUT2D eigenvalue weighted by Crippen LogP contribution is 2.26. The Morgan fingerprint density at radius 2 is 2.15 bits per heavy atom. The summed E-state index contributed by atoms with van der Waals surface area (Å²) < 4.78 is 31.0. The minimum absolute atomic E-state index is 0.0850. The highest BCUT2D eigenvalue weighted by atomic mass is 79.9. The molecule has 0 bridgehead atoms. The minimum Gasteiger partial charge on any atom is -0.492 e. The molecule has 20 heavy (non-hydrogen) atoms. The first kappa shape index (κ1) is 16.7. The molecule has 1 aromatic carbocycles. The first-order valence-corrected chi connectivity index (χ1v) is 7.64. The maximum absolute atomic E-state index is 10.2. The molecular weight excluding hydrogens is 350 g/mol. The molecule has 7 nitrogen and oxygen atoms in total. The number of nitrogens with two attached hydrogens (primary N) is 1. The summed E-state index contributed by atoms with van der Waals surface area (Å²) in [4.78, 5) is 0. The predicted molar refractivity (Wildman–Crippen MR) is 79.3 cm³/mol. The Kier molecular flexibility index (Phi) is 7.34. The van der Waals surface area contributed by atoms with Gasteiger partial charge in [0.2, 0.25) is 0 Å². The lowest BCUT2D eigenvalue weighted by Crippen LogP contribution is -2.29. The van der Waals surface area contributed by atoms with Crippen LogP contribution in [0.3, 0.4) is 0 Å². The highest BCUT2D eigenvalue weighted by Gasteiger charge is 2.03. The maximum atomic E-state index is 10.2. The largest absolute Gasteiger partial charge is 0.492 e. The molecule has 0 atom stereocenters. The van der Waals surface area contributed by atoms with Crippen molar-refractivity contribution in [3.63, 3.8) is 0 Å². The average molecular weight is 366 g/mol. The highest BCUT2D eigenvalue weighted by molar-refractivity contribution is 9.10. The van der Waals surface area contributed by atoms with Gasteiger partial charge in [-0.3, -0.25) is 9.59 Å². The third-order valence-corrected chi connectivity index (χ3v) is 3.24. The van der Waals surface area contributed by atoms with E-state index in [0.29, 0.717) is 25.3 Å². The van der Waals surface area contributed by atoms with Gasteiger partial charge in [0.25, 0.3) is 11.0 Å². The third kappa shape index (κ3) is 6.73. The van der Waals surface area contributed by atoms with Gasteiger partial charge in [0.1, 0.15) is 5.75 Å². The van der Waals surface area contributed by atoms with Crippen LogP contribution in [0.4, 0.5) is 0 Å². The van der Waals surface area contributed by atoms with Crippen molar-refractivity contribution >= 4 is 32.9 Å². The van der Waals surface area contributed by atoms with Crippen molar-refractivity contribution in [2.45, 2.75) is 13.0 Å². The minimum atomic E-state index is -2.79. The number of hydrogen-bond donors (Lipinski definition) is 4. The molecular formula is C11H16BrN3O4S. The number of rotatable bonds is 8. The van der Waals surface area contributed by atoms with E-state index in [-0.39, 0.29) is 12.6 Å². The van der Waals surface area contributed by atoms with Crippen LogP contribution in [0, 0.1) is 5.41 Å². The van der Waals surface area contributed by atoms with E-state index < -0.39 is 11.0 Å². The van der Waals surface area contributed by atoms with Gasteiger partial charge in [0, 0.05) is 13.0 Å². The third-order valence-electron chi connectivity index (χ3n) is 2.22. The second-order valence-electron chi connectivity index (χ2n) is 3.79. The molecule has 0 saturated heterocycles. The van der Waals surface area contributed by atoms with E-state index >= 15 is 0 Å². The molecule has 0 unspecified atom stereocenters. The second kappa shape index (κ2) is 8.77. The standard InChI is InChI=1S/C11H16BrN3O4S/c12-9-6-8(7-15-11(13)14)2-3-10(9)18-4-1-5-19-20(16)17/h2-3,6,20H,1,4-5,7H2,(H4,13,14,15). The molecule has 0 heterocycles. The molecule has 0 fully saturated rings. The van der Waals surface area contributed by atoms with Gasteiger partial charge in [-0.2, -0.15) is 0 Å². The van der Waals surface area contributed by atoms with E-state index in [1.54, 1.807) is 6.07 Å². The molecule has 0 amide bonds. The zero-order chi connectivity index (χ0) is 15.0. The van der Waals surface area contributed by atoms with E-state index in [2.05, 4.69) is 25.4 Å². The summed E-state index contributed by atoms with van der Waals surface area (Å²) in [5.74, 6) is 0.571. The normalized spacial score (nSPS) is 10.5. The molecule has 0 aliphatic heterocycles. The lowest BCUT2D eigenvalue weighted by atomic mass is 10.2. The Morgan fingerprint density at radius 1 is 1.40 bits per heavy atom. The summed E-state index contributed by atoms with van der Waals surface area (Å²) in [5, 5.41) is 9.78. The molecule has 0 aliphatic carbocycles. The molecule has 0 radical (unpaired) electrons. The quantitative estimate of drug-likeness (QED) is 0.234. The van der Waals surface area contributed by atoms with Gasteiger partial charge in [0.15, 0.2) is 5.96 Å². The Morgan fingerprint density at radius 3 is 2.75 bits per heavy atom. The van der Waals surface area contributed by atoms with Crippen LogP contribution in [0.1, 0.15) is 12.0 Å². The first-order valence-electron chi connectivity index (χ1n) is 5.75. The van der Waals surface area contributed by atoms with E-state index in [9.17, 15) is 8.42 Å². The second-order valence-corrected chi connectivity index (χ2v) is 5.35. The fourth-order valence-corrected chi connectivity index (χ4v) is 2.17. The summed E-state index contributed by atoms with van der Waals surface area (Å²) in [6.45, 7) is 0.919. The molecule has 1 rings (SSSR count). The number of halogens is 1. The van der Waals surface area contributed by atoms with E-state index in [0.717, 1.165) is 10.0 Å². The lowest BCUT2D eigenvalue weighted by molar-refractivity contribution is 0.255. The summed E-state index contributed by atoms with van der Waals surface area (Å²) >= 11 is 3.38. The van der Waals surface area contributed by atoms with Crippen molar-refractivity contribution in [2.24, 2.45) is 5.73 Å². The molecule has 0 aromatic heterocycles. The number of nitrogens with one attached hydrogen (secondary N) is 2. The molecule has 112 valence electrons. The van der Waals surface area contributed by atoms with Crippen LogP contribution >= 0.6 is 15.9 Å². The first-order chi connectivity index (χ1) is 9.49. The summed E-state index contributed by atoms with van der Waals surface area (Å²) in [7, 11) is -2.79. The fourth-order valence-electron chi connectivity index (χ4n) is 1.35. The van der Waals surface area contributed by atoms with Crippen molar-refractivity contribution in [2.75, 3.05) is 13.2 Å². The maximum Gasteiger partial charge on any atom is 0.257 e. The van der Waals surface area contributed by atoms with Gasteiger partial charge < -0.3 is 15.8 Å². The van der Waals surface area contributed by atoms with Gasteiger partial charge in [-0.15, -0.1) is 0 Å². The van der Waals surface area contributed by atoms with Crippen molar-refractivity contribution in [3.05, 3.63) is 28.2 Å². The Labute approximate surface area is 127 Å². The van der Waals surface area contributed by atoms with Crippen molar-refractivity contribution in [1.29, 1.82) is 5.41 Å². The lowest BCUT2D eigenvalue weighted by Gasteiger charge is -2.10. The summed E-state index contributed by atoms with van der Waals surface area (Å²) in [6, 6.07) is 5.49. The van der Waals surface area contributed by atoms with Crippen LogP contribution < -0.4 is 15.8 Å². The topological polar surface area (TPSA) is 114 Å². The Balaban J connectivity index is 2.41. The Hall–Kier alpha value is -1.32. The van der Waals surface area contributed by atoms with Gasteiger partial charge in [-0.1, -0.05) is 6.07 Å². The van der Waals surface area contributed by atoms with Crippen LogP contribution in [0.25, 0.3) is 0 Å². The van der Waals surface area contributed by atoms with Crippen molar-refractivity contribution < 1.29 is 17.3 Å². The Bertz CT molecular complexity index is 528. The van der Waals surface area contributed by atoms with Crippen LogP contribution in [-0.2, 0) is 21.7 Å². The van der Waals surface area contributed by atoms with Crippen LogP contribution in [0.5, 0.6) is 5.75 Å². The number of benzene rings is 1. The molecule has 1 aromatic rings. The van der Waals surface area contributed by atoms with Gasteiger partial charge in [0.05, 0.1) is 17.7 Å². The van der Waals surface area contributed by atoms with Gasteiger partial charge >= 0.3 is 0 Å². The molecule has 4 N–H and O–H groups in total. The van der Waals surface area contributed by atoms with E-state index in [1.165, 1.54) is 0 Å². The fraction of sp³-hybridized carbons (Fsp3) is 0.364. The van der Waals surface area contributed by atoms with E-state index in [4.69, 9.17) is 15.9 Å². The zero-order valence-corrected chi connectivity index (χ0v) is 13.1. The number of guanidine groups is 1. The smallest absolute Gasteiger partial charge is 0.257 e. The number of thiol groups is 1. The number of ether oxygens (including phenoxy) is 1. The molecule has 0 aliphatic rings. The summed E-state index contributed by atoms with van der Waals surface area (Å²) in [6.07, 6.45) is 0.476. The van der Waals surface area contributed by atoms with Crippen molar-refractivity contribution in [3.8, 4) is 5.75 Å². The molecule has 0 spiro atoms. The van der Waals surface area contributed by atoms with Crippen LogP contribution in [0.2, 0.25) is 0 Å². The van der Waals surface area contributed by atoms with Crippen LogP contribution in [0.15, 0.2) is 22.7 Å². The zero-order valence-electron chi connectivity index (χ0n) is 10.6. The molecule has 0 saturated carbocycles. The van der Waals surface area contributed by atoms with Gasteiger partial charge in [-0.25, -0.2) is 8.42 Å². The van der Waals surface area contributed by atoms with Crippen molar-refractivity contribution in [1.82, 2.24) is 5.32 Å². The average Bonchev–Trinajstić information content (AvgIpc) is 2.37. The molecule has 9 heteroatoms. The predicted octanol–water partition coefficient (Wildman–Crippen LogP) is 0.744. The van der Waals surface area contributed by atoms with Gasteiger partial charge in [-0.05, 0) is 33.6 Å². The summed E-state index contributed by atoms with van der Waals surface area (Å²) in [5.41, 5.74) is 6.15. The number of hydrogen-bond acceptors (Lipinski definition) is 5.